The molecule has 0 atom stereocenters. The first-order chi connectivity index (χ1) is 6.14. The summed E-state index contributed by atoms with van der Waals surface area (Å²) in [4.78, 5) is 0. The highest BCUT2D eigenvalue weighted by Crippen LogP contribution is 2.25. The molecule has 0 saturated heterocycles. The molecule has 1 rings (SSSR count). The largest absolute Gasteiger partial charge is 0.381 e. The maximum atomic E-state index is 5.72. The molecule has 0 N–H and O–H groups in total. The van der Waals surface area contributed by atoms with Crippen molar-refractivity contribution in [3.05, 3.63) is 0 Å². The van der Waals surface area contributed by atoms with Crippen molar-refractivity contribution >= 4 is 12.6 Å². The van der Waals surface area contributed by atoms with Gasteiger partial charge in [0.1, 0.15) is 0 Å². The molecule has 13 heavy (non-hydrogen) atoms. The summed E-state index contributed by atoms with van der Waals surface area (Å²) in [5.41, 5.74) is 0.238. The van der Waals surface area contributed by atoms with Crippen LogP contribution in [-0.2, 0) is 4.74 Å². The van der Waals surface area contributed by atoms with Crippen LogP contribution in [0, 0.1) is 11.3 Å². The molecule has 1 saturated carbocycles. The van der Waals surface area contributed by atoms with Gasteiger partial charge in [0.15, 0.2) is 0 Å². The van der Waals surface area contributed by atoms with Crippen LogP contribution in [-0.4, -0.2) is 19.0 Å². The molecule has 0 amide bonds. The number of ether oxygens (including phenoxy) is 1. The van der Waals surface area contributed by atoms with Crippen molar-refractivity contribution in [1.29, 1.82) is 0 Å². The molecule has 1 aliphatic rings. The van der Waals surface area contributed by atoms with Crippen LogP contribution in [0.5, 0.6) is 0 Å². The van der Waals surface area contributed by atoms with E-state index in [1.807, 2.05) is 0 Å². The standard InChI is InChI=1S/C11H22OS/c1-11(2,9-13)8-12-7-10-5-3-4-6-10/h10,13H,3-9H2,1-2H3. The van der Waals surface area contributed by atoms with Gasteiger partial charge in [0, 0.05) is 6.61 Å². The van der Waals surface area contributed by atoms with Crippen molar-refractivity contribution in [2.75, 3.05) is 19.0 Å². The number of rotatable bonds is 5. The summed E-state index contributed by atoms with van der Waals surface area (Å²) in [7, 11) is 0. The van der Waals surface area contributed by atoms with Crippen molar-refractivity contribution in [3.63, 3.8) is 0 Å². The Kier molecular flexibility index (Phi) is 4.60. The highest BCUT2D eigenvalue weighted by atomic mass is 32.1. The van der Waals surface area contributed by atoms with Crippen LogP contribution in [0.3, 0.4) is 0 Å². The van der Waals surface area contributed by atoms with E-state index in [9.17, 15) is 0 Å². The molecule has 0 heterocycles. The van der Waals surface area contributed by atoms with Gasteiger partial charge in [-0.15, -0.1) is 0 Å². The van der Waals surface area contributed by atoms with Gasteiger partial charge in [-0.25, -0.2) is 0 Å². The second-order valence-corrected chi connectivity index (χ2v) is 5.30. The van der Waals surface area contributed by atoms with Crippen LogP contribution in [0.1, 0.15) is 39.5 Å². The maximum Gasteiger partial charge on any atom is 0.0525 e. The van der Waals surface area contributed by atoms with Gasteiger partial charge < -0.3 is 4.74 Å². The zero-order valence-electron chi connectivity index (χ0n) is 8.88. The highest BCUT2D eigenvalue weighted by Gasteiger charge is 2.19. The Morgan fingerprint density at radius 1 is 1.31 bits per heavy atom. The van der Waals surface area contributed by atoms with Crippen molar-refractivity contribution in [2.24, 2.45) is 11.3 Å². The molecular weight excluding hydrogens is 180 g/mol. The van der Waals surface area contributed by atoms with Gasteiger partial charge in [-0.1, -0.05) is 26.7 Å². The second-order valence-electron chi connectivity index (χ2n) is 4.99. The van der Waals surface area contributed by atoms with Crippen LogP contribution < -0.4 is 0 Å². The Hall–Kier alpha value is 0.310. The summed E-state index contributed by atoms with van der Waals surface area (Å²) in [6, 6.07) is 0. The van der Waals surface area contributed by atoms with Crippen LogP contribution in [0.15, 0.2) is 0 Å². The quantitative estimate of drug-likeness (QED) is 0.674. The van der Waals surface area contributed by atoms with Crippen LogP contribution >= 0.6 is 12.6 Å². The van der Waals surface area contributed by atoms with Crippen LogP contribution in [0.4, 0.5) is 0 Å². The minimum absolute atomic E-state index is 0.238. The third kappa shape index (κ3) is 4.37. The summed E-state index contributed by atoms with van der Waals surface area (Å²) < 4.78 is 5.72. The first-order valence-corrected chi connectivity index (χ1v) is 5.96. The van der Waals surface area contributed by atoms with Crippen molar-refractivity contribution in [3.8, 4) is 0 Å². The number of hydrogen-bond donors (Lipinski definition) is 1. The normalized spacial score (nSPS) is 19.6. The molecule has 0 bridgehead atoms. The summed E-state index contributed by atoms with van der Waals surface area (Å²) in [5.74, 6) is 1.74. The first-order valence-electron chi connectivity index (χ1n) is 5.33. The lowest BCUT2D eigenvalue weighted by molar-refractivity contribution is 0.0509. The van der Waals surface area contributed by atoms with Gasteiger partial charge in [-0.3, -0.25) is 0 Å². The molecule has 1 fully saturated rings. The van der Waals surface area contributed by atoms with E-state index in [1.54, 1.807) is 0 Å². The van der Waals surface area contributed by atoms with Crippen LogP contribution in [0.2, 0.25) is 0 Å². The Bertz CT molecular complexity index is 139. The van der Waals surface area contributed by atoms with Gasteiger partial charge in [0.05, 0.1) is 6.61 Å². The second kappa shape index (κ2) is 5.26. The van der Waals surface area contributed by atoms with E-state index >= 15 is 0 Å². The fraction of sp³-hybridized carbons (Fsp3) is 1.00. The highest BCUT2D eigenvalue weighted by molar-refractivity contribution is 7.80. The smallest absolute Gasteiger partial charge is 0.0525 e. The zero-order chi connectivity index (χ0) is 9.73. The van der Waals surface area contributed by atoms with Gasteiger partial charge in [0.25, 0.3) is 0 Å². The van der Waals surface area contributed by atoms with Gasteiger partial charge in [-0.2, -0.15) is 12.6 Å². The average molecular weight is 202 g/mol. The Labute approximate surface area is 87.7 Å². The SMILES string of the molecule is CC(C)(CS)COCC1CCCC1. The molecule has 0 unspecified atom stereocenters. The Morgan fingerprint density at radius 2 is 1.92 bits per heavy atom. The molecule has 0 spiro atoms. The predicted octanol–water partition coefficient (Wildman–Crippen LogP) is 3.15. The molecular formula is C11H22OS. The van der Waals surface area contributed by atoms with Crippen molar-refractivity contribution in [2.45, 2.75) is 39.5 Å². The molecule has 0 aromatic carbocycles. The van der Waals surface area contributed by atoms with E-state index in [0.717, 1.165) is 24.9 Å². The Morgan fingerprint density at radius 3 is 2.46 bits per heavy atom. The molecule has 2 heteroatoms. The Balaban J connectivity index is 2.06. The summed E-state index contributed by atoms with van der Waals surface area (Å²) >= 11 is 4.30. The van der Waals surface area contributed by atoms with Gasteiger partial charge in [-0.05, 0) is 29.9 Å². The third-order valence-electron chi connectivity index (χ3n) is 2.75. The maximum absolute atomic E-state index is 5.72. The van der Waals surface area contributed by atoms with Gasteiger partial charge in [0.2, 0.25) is 0 Å². The molecule has 1 nitrogen and oxygen atoms in total. The summed E-state index contributed by atoms with van der Waals surface area (Å²) in [6.45, 7) is 6.23. The predicted molar refractivity (Wildman–Crippen MR) is 60.4 cm³/mol. The van der Waals surface area contributed by atoms with Crippen LogP contribution in [0.25, 0.3) is 0 Å². The minimum atomic E-state index is 0.238. The van der Waals surface area contributed by atoms with E-state index in [1.165, 1.54) is 25.7 Å². The number of thiol groups is 1. The van der Waals surface area contributed by atoms with E-state index in [2.05, 4.69) is 26.5 Å². The monoisotopic (exact) mass is 202 g/mol. The summed E-state index contributed by atoms with van der Waals surface area (Å²) in [5, 5.41) is 0. The lowest BCUT2D eigenvalue weighted by atomic mass is 9.98. The lowest BCUT2D eigenvalue weighted by Crippen LogP contribution is -2.22. The van der Waals surface area contributed by atoms with E-state index in [4.69, 9.17) is 4.74 Å². The van der Waals surface area contributed by atoms with Crippen molar-refractivity contribution < 1.29 is 4.74 Å². The van der Waals surface area contributed by atoms with Gasteiger partial charge >= 0.3 is 0 Å². The van der Waals surface area contributed by atoms with Crippen molar-refractivity contribution in [1.82, 2.24) is 0 Å². The average Bonchev–Trinajstić information content (AvgIpc) is 2.57. The number of hydrogen-bond acceptors (Lipinski definition) is 2. The summed E-state index contributed by atoms with van der Waals surface area (Å²) in [6.07, 6.45) is 5.57. The molecule has 1 aliphatic carbocycles. The minimum Gasteiger partial charge on any atom is -0.381 e. The zero-order valence-corrected chi connectivity index (χ0v) is 9.78. The van der Waals surface area contributed by atoms with E-state index in [0.29, 0.717) is 0 Å². The fourth-order valence-electron chi connectivity index (χ4n) is 1.72. The van der Waals surface area contributed by atoms with E-state index in [-0.39, 0.29) is 5.41 Å². The molecule has 0 aromatic heterocycles. The molecule has 0 aromatic rings. The van der Waals surface area contributed by atoms with E-state index < -0.39 is 0 Å². The fourth-order valence-corrected chi connectivity index (χ4v) is 1.82. The molecule has 78 valence electrons. The molecule has 0 radical (unpaired) electrons. The molecule has 0 aliphatic heterocycles. The topological polar surface area (TPSA) is 9.23 Å². The lowest BCUT2D eigenvalue weighted by Gasteiger charge is -2.22. The first kappa shape index (κ1) is 11.4. The third-order valence-corrected chi connectivity index (χ3v) is 3.61.